The van der Waals surface area contributed by atoms with E-state index in [1.807, 2.05) is 12.1 Å². The van der Waals surface area contributed by atoms with Crippen LogP contribution in [0.1, 0.15) is 16.2 Å². The topological polar surface area (TPSA) is 66.6 Å². The Bertz CT molecular complexity index is 475. The number of carboxylic acid groups (broad SMARTS) is 1. The molecular formula is C14H18N2O2S2. The van der Waals surface area contributed by atoms with E-state index in [0.29, 0.717) is 13.0 Å². The normalized spacial score (nSPS) is 12.7. The van der Waals surface area contributed by atoms with Crippen molar-refractivity contribution < 1.29 is 9.90 Å². The largest absolute Gasteiger partial charge is 0.480 e. The fourth-order valence-corrected chi connectivity index (χ4v) is 3.40. The van der Waals surface area contributed by atoms with E-state index >= 15 is 0 Å². The van der Waals surface area contributed by atoms with Gasteiger partial charge >= 0.3 is 5.97 Å². The Hall–Kier alpha value is -1.21. The van der Waals surface area contributed by atoms with Gasteiger partial charge in [-0.15, -0.1) is 22.7 Å². The molecule has 0 saturated heterocycles. The Morgan fingerprint density at radius 2 is 1.75 bits per heavy atom. The lowest BCUT2D eigenvalue weighted by atomic mass is 10.2. The van der Waals surface area contributed by atoms with E-state index in [1.165, 1.54) is 9.75 Å². The van der Waals surface area contributed by atoms with Crippen molar-refractivity contribution in [3.05, 3.63) is 44.8 Å². The van der Waals surface area contributed by atoms with Crippen LogP contribution in [0.3, 0.4) is 0 Å². The number of hydrogen-bond acceptors (Lipinski definition) is 5. The number of hydrogen-bond donors (Lipinski definition) is 2. The molecule has 0 saturated carbocycles. The van der Waals surface area contributed by atoms with Crippen molar-refractivity contribution in [2.75, 3.05) is 6.54 Å². The minimum atomic E-state index is -0.933. The molecule has 0 aliphatic carbocycles. The molecule has 0 aromatic carbocycles. The van der Waals surface area contributed by atoms with Crippen LogP contribution in [0.15, 0.2) is 35.0 Å². The van der Waals surface area contributed by atoms with E-state index < -0.39 is 12.0 Å². The van der Waals surface area contributed by atoms with Crippen molar-refractivity contribution in [3.8, 4) is 0 Å². The second-order valence-corrected chi connectivity index (χ2v) is 6.67. The quantitative estimate of drug-likeness (QED) is 0.786. The van der Waals surface area contributed by atoms with Gasteiger partial charge in [0.15, 0.2) is 0 Å². The van der Waals surface area contributed by atoms with E-state index in [2.05, 4.69) is 27.8 Å². The van der Waals surface area contributed by atoms with Gasteiger partial charge in [-0.3, -0.25) is 9.69 Å². The highest BCUT2D eigenvalue weighted by Crippen LogP contribution is 2.17. The Kier molecular flexibility index (Phi) is 5.72. The van der Waals surface area contributed by atoms with Crippen LogP contribution in [0.2, 0.25) is 0 Å². The lowest BCUT2D eigenvalue weighted by Gasteiger charge is -2.22. The van der Waals surface area contributed by atoms with Gasteiger partial charge in [0.2, 0.25) is 0 Å². The molecule has 2 rings (SSSR count). The third kappa shape index (κ3) is 4.72. The molecule has 0 amide bonds. The molecular weight excluding hydrogens is 292 g/mol. The summed E-state index contributed by atoms with van der Waals surface area (Å²) >= 11 is 3.44. The van der Waals surface area contributed by atoms with Gasteiger partial charge in [0, 0.05) is 29.4 Å². The first-order chi connectivity index (χ1) is 9.65. The molecule has 6 heteroatoms. The van der Waals surface area contributed by atoms with Gasteiger partial charge in [-0.2, -0.15) is 0 Å². The van der Waals surface area contributed by atoms with Gasteiger partial charge in [-0.1, -0.05) is 12.1 Å². The number of rotatable bonds is 8. The molecule has 0 radical (unpaired) electrons. The Morgan fingerprint density at radius 3 is 2.15 bits per heavy atom. The van der Waals surface area contributed by atoms with Crippen molar-refractivity contribution in [1.82, 2.24) is 4.90 Å². The van der Waals surface area contributed by atoms with Crippen LogP contribution in [0, 0.1) is 0 Å². The van der Waals surface area contributed by atoms with Crippen molar-refractivity contribution in [2.24, 2.45) is 5.73 Å². The first kappa shape index (κ1) is 15.2. The highest BCUT2D eigenvalue weighted by atomic mass is 32.1. The van der Waals surface area contributed by atoms with Crippen LogP contribution in [-0.4, -0.2) is 28.6 Å². The first-order valence-corrected chi connectivity index (χ1v) is 8.16. The number of aliphatic carboxylic acids is 1. The maximum Gasteiger partial charge on any atom is 0.320 e. The Balaban J connectivity index is 1.94. The minimum absolute atomic E-state index is 0.464. The molecule has 2 aromatic rings. The summed E-state index contributed by atoms with van der Waals surface area (Å²) in [6, 6.07) is 7.48. The molecule has 4 nitrogen and oxygen atoms in total. The van der Waals surface area contributed by atoms with Crippen LogP contribution >= 0.6 is 22.7 Å². The number of carboxylic acids is 1. The molecule has 1 atom stereocenters. The molecule has 0 bridgehead atoms. The fraction of sp³-hybridized carbons (Fsp3) is 0.357. The molecule has 2 heterocycles. The van der Waals surface area contributed by atoms with E-state index in [9.17, 15) is 4.79 Å². The molecule has 0 aliphatic heterocycles. The fourth-order valence-electron chi connectivity index (χ4n) is 1.91. The maximum atomic E-state index is 10.8. The van der Waals surface area contributed by atoms with Crippen LogP contribution in [0.4, 0.5) is 0 Å². The first-order valence-electron chi connectivity index (χ1n) is 6.40. The van der Waals surface area contributed by atoms with Gasteiger partial charge in [0.25, 0.3) is 0 Å². The maximum absolute atomic E-state index is 10.8. The van der Waals surface area contributed by atoms with Crippen LogP contribution in [-0.2, 0) is 17.9 Å². The molecule has 3 N–H and O–H groups in total. The monoisotopic (exact) mass is 310 g/mol. The predicted molar refractivity (Wildman–Crippen MR) is 83.0 cm³/mol. The van der Waals surface area contributed by atoms with Crippen molar-refractivity contribution in [2.45, 2.75) is 25.6 Å². The smallest absolute Gasteiger partial charge is 0.320 e. The highest BCUT2D eigenvalue weighted by Gasteiger charge is 2.15. The van der Waals surface area contributed by atoms with Gasteiger partial charge in [-0.25, -0.2) is 0 Å². The van der Waals surface area contributed by atoms with E-state index in [0.717, 1.165) is 13.1 Å². The van der Waals surface area contributed by atoms with Gasteiger partial charge in [0.1, 0.15) is 6.04 Å². The van der Waals surface area contributed by atoms with E-state index in [-0.39, 0.29) is 0 Å². The summed E-state index contributed by atoms with van der Waals surface area (Å²) in [6.45, 7) is 2.35. The highest BCUT2D eigenvalue weighted by molar-refractivity contribution is 7.10. The van der Waals surface area contributed by atoms with Gasteiger partial charge in [-0.05, 0) is 29.3 Å². The summed E-state index contributed by atoms with van der Waals surface area (Å²) in [5, 5.41) is 13.0. The molecule has 0 unspecified atom stereocenters. The van der Waals surface area contributed by atoms with Crippen LogP contribution < -0.4 is 5.73 Å². The average Bonchev–Trinajstić information content (AvgIpc) is 3.08. The Labute approximate surface area is 126 Å². The van der Waals surface area contributed by atoms with Crippen molar-refractivity contribution >= 4 is 28.6 Å². The van der Waals surface area contributed by atoms with Gasteiger partial charge in [0.05, 0.1) is 0 Å². The zero-order chi connectivity index (χ0) is 14.4. The van der Waals surface area contributed by atoms with Crippen LogP contribution in [0.25, 0.3) is 0 Å². The summed E-state index contributed by atoms with van der Waals surface area (Å²) in [4.78, 5) is 15.6. The number of thiophene rings is 2. The second-order valence-electron chi connectivity index (χ2n) is 4.60. The van der Waals surface area contributed by atoms with E-state index in [4.69, 9.17) is 10.8 Å². The molecule has 108 valence electrons. The molecule has 20 heavy (non-hydrogen) atoms. The summed E-state index contributed by atoms with van der Waals surface area (Å²) in [7, 11) is 0. The zero-order valence-corrected chi connectivity index (χ0v) is 12.7. The van der Waals surface area contributed by atoms with Crippen molar-refractivity contribution in [3.63, 3.8) is 0 Å². The Morgan fingerprint density at radius 1 is 1.20 bits per heavy atom. The molecule has 0 fully saturated rings. The van der Waals surface area contributed by atoms with Gasteiger partial charge < -0.3 is 10.8 Å². The molecule has 0 spiro atoms. The lowest BCUT2D eigenvalue weighted by Crippen LogP contribution is -2.35. The van der Waals surface area contributed by atoms with Crippen molar-refractivity contribution in [1.29, 1.82) is 0 Å². The second kappa shape index (κ2) is 7.54. The summed E-state index contributed by atoms with van der Waals surface area (Å²) in [5.41, 5.74) is 5.59. The number of nitrogens with zero attached hydrogens (tertiary/aromatic N) is 1. The average molecular weight is 310 g/mol. The third-order valence-electron chi connectivity index (χ3n) is 2.99. The predicted octanol–water partition coefficient (Wildman–Crippen LogP) is 2.61. The van der Waals surface area contributed by atoms with Crippen LogP contribution in [0.5, 0.6) is 0 Å². The summed E-state index contributed by atoms with van der Waals surface area (Å²) in [6.07, 6.45) is 0.464. The lowest BCUT2D eigenvalue weighted by molar-refractivity contribution is -0.138. The standard InChI is InChI=1S/C14H18N2O2S2/c15-13(14(17)18)5-6-16(9-11-3-1-7-19-11)10-12-4-2-8-20-12/h1-4,7-8,13H,5-6,9-10,15H2,(H,17,18)/t13-/m0/s1. The number of carbonyl (C=O) groups is 1. The van der Waals surface area contributed by atoms with E-state index in [1.54, 1.807) is 22.7 Å². The summed E-state index contributed by atoms with van der Waals surface area (Å²) in [5.74, 6) is -0.933. The number of nitrogens with two attached hydrogens (primary N) is 1. The third-order valence-corrected chi connectivity index (χ3v) is 4.71. The minimum Gasteiger partial charge on any atom is -0.480 e. The SMILES string of the molecule is N[C@@H](CCN(Cc1cccs1)Cc1cccs1)C(=O)O. The molecule has 0 aliphatic rings. The summed E-state index contributed by atoms with van der Waals surface area (Å²) < 4.78 is 0. The molecule has 2 aromatic heterocycles. The zero-order valence-electron chi connectivity index (χ0n) is 11.1.